The highest BCUT2D eigenvalue weighted by molar-refractivity contribution is 5.72. The number of piperidine rings is 1. The van der Waals surface area contributed by atoms with Crippen LogP contribution < -0.4 is 5.32 Å². The molecule has 0 aliphatic carbocycles. The van der Waals surface area contributed by atoms with Crippen LogP contribution in [0.2, 0.25) is 0 Å². The highest BCUT2D eigenvalue weighted by Crippen LogP contribution is 2.23. The fourth-order valence-electron chi connectivity index (χ4n) is 2.50. The van der Waals surface area contributed by atoms with Gasteiger partial charge in [0.15, 0.2) is 0 Å². The summed E-state index contributed by atoms with van der Waals surface area (Å²) < 4.78 is 10.8. The van der Waals surface area contributed by atoms with Gasteiger partial charge in [0.1, 0.15) is 0 Å². The first-order chi connectivity index (χ1) is 9.63. The van der Waals surface area contributed by atoms with Crippen LogP contribution in [0, 0.1) is 0 Å². The fraction of sp³-hybridized carbons (Fsp3) is 0.562. The Kier molecular flexibility index (Phi) is 5.15. The van der Waals surface area contributed by atoms with Crippen molar-refractivity contribution in [1.82, 2.24) is 5.32 Å². The van der Waals surface area contributed by atoms with E-state index in [9.17, 15) is 4.79 Å². The molecular weight excluding hydrogens is 254 g/mol. The largest absolute Gasteiger partial charge is 0.469 e. The molecule has 1 unspecified atom stereocenters. The van der Waals surface area contributed by atoms with E-state index in [1.165, 1.54) is 7.11 Å². The highest BCUT2D eigenvalue weighted by Gasteiger charge is 2.27. The zero-order valence-electron chi connectivity index (χ0n) is 12.3. The zero-order valence-corrected chi connectivity index (χ0v) is 12.3. The van der Waals surface area contributed by atoms with E-state index in [-0.39, 0.29) is 11.6 Å². The quantitative estimate of drug-likeness (QED) is 0.837. The van der Waals surface area contributed by atoms with Crippen LogP contribution in [0.3, 0.4) is 0 Å². The molecule has 1 fully saturated rings. The summed E-state index contributed by atoms with van der Waals surface area (Å²) in [5.41, 5.74) is 1.92. The summed E-state index contributed by atoms with van der Waals surface area (Å²) in [5, 5.41) is 3.37. The van der Waals surface area contributed by atoms with Gasteiger partial charge in [-0.2, -0.15) is 0 Å². The van der Waals surface area contributed by atoms with E-state index in [2.05, 4.69) is 12.2 Å². The van der Waals surface area contributed by atoms with Crippen LogP contribution in [0.25, 0.3) is 0 Å². The minimum absolute atomic E-state index is 0.114. The van der Waals surface area contributed by atoms with Crippen LogP contribution in [0.4, 0.5) is 0 Å². The average molecular weight is 277 g/mol. The molecule has 0 amide bonds. The first-order valence-corrected chi connectivity index (χ1v) is 7.11. The van der Waals surface area contributed by atoms with E-state index in [1.807, 2.05) is 24.3 Å². The molecule has 0 bridgehead atoms. The number of benzene rings is 1. The minimum Gasteiger partial charge on any atom is -0.469 e. The number of esters is 1. The van der Waals surface area contributed by atoms with Crippen molar-refractivity contribution in [3.8, 4) is 0 Å². The van der Waals surface area contributed by atoms with Crippen molar-refractivity contribution in [1.29, 1.82) is 0 Å². The maximum Gasteiger partial charge on any atom is 0.309 e. The van der Waals surface area contributed by atoms with Gasteiger partial charge < -0.3 is 14.8 Å². The Balaban J connectivity index is 2.00. The molecule has 4 nitrogen and oxygen atoms in total. The van der Waals surface area contributed by atoms with Crippen LogP contribution in [0.15, 0.2) is 24.3 Å². The van der Waals surface area contributed by atoms with Gasteiger partial charge in [0.25, 0.3) is 0 Å². The molecule has 0 spiro atoms. The Labute approximate surface area is 120 Å². The third kappa shape index (κ3) is 4.05. The first-order valence-electron chi connectivity index (χ1n) is 7.11. The van der Waals surface area contributed by atoms with Gasteiger partial charge >= 0.3 is 5.97 Å². The number of hydrogen-bond acceptors (Lipinski definition) is 4. The van der Waals surface area contributed by atoms with E-state index in [0.717, 1.165) is 37.1 Å². The SMILES string of the molecule is COC(=O)Cc1ccccc1COC1(C)CCCNC1. The van der Waals surface area contributed by atoms with E-state index < -0.39 is 0 Å². The Hall–Kier alpha value is -1.39. The van der Waals surface area contributed by atoms with Crippen molar-refractivity contribution in [2.45, 2.75) is 38.4 Å². The predicted octanol–water partition coefficient (Wildman–Crippen LogP) is 2.06. The summed E-state index contributed by atoms with van der Waals surface area (Å²) in [4.78, 5) is 11.4. The van der Waals surface area contributed by atoms with Crippen LogP contribution in [0.5, 0.6) is 0 Å². The molecule has 1 aromatic carbocycles. The van der Waals surface area contributed by atoms with Gasteiger partial charge in [-0.3, -0.25) is 4.79 Å². The zero-order chi connectivity index (χ0) is 14.4. The molecule has 1 atom stereocenters. The van der Waals surface area contributed by atoms with E-state index >= 15 is 0 Å². The maximum absolute atomic E-state index is 11.4. The van der Waals surface area contributed by atoms with Gasteiger partial charge in [0.2, 0.25) is 0 Å². The van der Waals surface area contributed by atoms with Crippen LogP contribution >= 0.6 is 0 Å². The number of carbonyl (C=O) groups excluding carboxylic acids is 1. The van der Waals surface area contributed by atoms with Crippen molar-refractivity contribution in [3.63, 3.8) is 0 Å². The molecule has 1 heterocycles. The first kappa shape index (κ1) is 15.0. The summed E-state index contributed by atoms with van der Waals surface area (Å²) in [6, 6.07) is 7.88. The molecule has 1 aromatic rings. The number of rotatable bonds is 5. The van der Waals surface area contributed by atoms with Gasteiger partial charge in [0, 0.05) is 6.54 Å². The third-order valence-electron chi connectivity index (χ3n) is 3.82. The number of hydrogen-bond donors (Lipinski definition) is 1. The lowest BCUT2D eigenvalue weighted by molar-refractivity contribution is -0.139. The Morgan fingerprint density at radius 1 is 1.35 bits per heavy atom. The second-order valence-corrected chi connectivity index (χ2v) is 5.54. The lowest BCUT2D eigenvalue weighted by Gasteiger charge is -2.34. The summed E-state index contributed by atoms with van der Waals surface area (Å²) in [6.45, 7) is 4.62. The van der Waals surface area contributed by atoms with E-state index in [0.29, 0.717) is 13.0 Å². The molecule has 1 N–H and O–H groups in total. The topological polar surface area (TPSA) is 47.6 Å². The standard InChI is InChI=1S/C16H23NO3/c1-16(8-5-9-17-12-16)20-11-14-7-4-3-6-13(14)10-15(18)19-2/h3-4,6-7,17H,5,8-12H2,1-2H3. The van der Waals surface area contributed by atoms with Crippen LogP contribution in [0.1, 0.15) is 30.9 Å². The minimum atomic E-state index is -0.219. The fourth-order valence-corrected chi connectivity index (χ4v) is 2.50. The molecule has 2 rings (SSSR count). The Morgan fingerprint density at radius 3 is 2.75 bits per heavy atom. The molecule has 0 saturated carbocycles. The molecule has 0 radical (unpaired) electrons. The van der Waals surface area contributed by atoms with E-state index in [1.54, 1.807) is 0 Å². The molecular formula is C16H23NO3. The van der Waals surface area contributed by atoms with Crippen molar-refractivity contribution in [3.05, 3.63) is 35.4 Å². The van der Waals surface area contributed by atoms with Gasteiger partial charge in [-0.1, -0.05) is 24.3 Å². The maximum atomic E-state index is 11.4. The van der Waals surface area contributed by atoms with Crippen molar-refractivity contribution in [2.24, 2.45) is 0 Å². The lowest BCUT2D eigenvalue weighted by atomic mass is 9.96. The van der Waals surface area contributed by atoms with E-state index in [4.69, 9.17) is 9.47 Å². The molecule has 4 heteroatoms. The highest BCUT2D eigenvalue weighted by atomic mass is 16.5. The number of nitrogens with one attached hydrogen (secondary N) is 1. The monoisotopic (exact) mass is 277 g/mol. The van der Waals surface area contributed by atoms with Crippen molar-refractivity contribution >= 4 is 5.97 Å². The molecule has 0 aromatic heterocycles. The smallest absolute Gasteiger partial charge is 0.309 e. The number of carbonyl (C=O) groups is 1. The number of methoxy groups -OCH3 is 1. The summed E-state index contributed by atoms with van der Waals surface area (Å²) in [7, 11) is 1.41. The normalized spacial score (nSPS) is 22.5. The Morgan fingerprint density at radius 2 is 2.10 bits per heavy atom. The third-order valence-corrected chi connectivity index (χ3v) is 3.82. The van der Waals surface area contributed by atoms with Crippen LogP contribution in [-0.2, 0) is 27.3 Å². The van der Waals surface area contributed by atoms with Crippen molar-refractivity contribution in [2.75, 3.05) is 20.2 Å². The predicted molar refractivity (Wildman–Crippen MR) is 77.5 cm³/mol. The van der Waals surface area contributed by atoms with Gasteiger partial charge in [-0.15, -0.1) is 0 Å². The average Bonchev–Trinajstić information content (AvgIpc) is 2.47. The summed E-state index contributed by atoms with van der Waals surface area (Å²) in [6.07, 6.45) is 2.50. The molecule has 1 aliphatic heterocycles. The molecule has 1 saturated heterocycles. The second kappa shape index (κ2) is 6.86. The number of ether oxygens (including phenoxy) is 2. The van der Waals surface area contributed by atoms with Gasteiger partial charge in [0.05, 0.1) is 25.7 Å². The Bertz CT molecular complexity index is 453. The second-order valence-electron chi connectivity index (χ2n) is 5.54. The van der Waals surface area contributed by atoms with Crippen molar-refractivity contribution < 1.29 is 14.3 Å². The van der Waals surface area contributed by atoms with Gasteiger partial charge in [-0.05, 0) is 37.4 Å². The summed E-state index contributed by atoms with van der Waals surface area (Å²) >= 11 is 0. The van der Waals surface area contributed by atoms with Crippen LogP contribution in [-0.4, -0.2) is 31.8 Å². The molecule has 110 valence electrons. The molecule has 20 heavy (non-hydrogen) atoms. The lowest BCUT2D eigenvalue weighted by Crippen LogP contribution is -2.45. The molecule has 1 aliphatic rings. The van der Waals surface area contributed by atoms with Gasteiger partial charge in [-0.25, -0.2) is 0 Å². The summed E-state index contributed by atoms with van der Waals surface area (Å²) in [5.74, 6) is -0.219.